The largest absolute Gasteiger partial charge is 0.478 e. The number of anilines is 1. The molecule has 0 fully saturated rings. The molecule has 0 bridgehead atoms. The van der Waals surface area contributed by atoms with Crippen LogP contribution in [0.5, 0.6) is 0 Å². The molecule has 1 aromatic carbocycles. The number of carboxylic acid groups (broad SMARTS) is 1. The lowest BCUT2D eigenvalue weighted by Gasteiger charge is -2.15. The van der Waals surface area contributed by atoms with Crippen LogP contribution in [0.15, 0.2) is 23.6 Å². The maximum atomic E-state index is 12.1. The molecule has 0 saturated heterocycles. The highest BCUT2D eigenvalue weighted by Gasteiger charge is 2.28. The van der Waals surface area contributed by atoms with Gasteiger partial charge in [0.05, 0.1) is 18.5 Å². The number of rotatable bonds is 3. The third-order valence-corrected chi connectivity index (χ3v) is 4.17. The van der Waals surface area contributed by atoms with E-state index in [0.717, 1.165) is 22.0 Å². The molecular weight excluding hydrogens is 276 g/mol. The summed E-state index contributed by atoms with van der Waals surface area (Å²) in [5.74, 6) is -0.996. The van der Waals surface area contributed by atoms with Crippen molar-refractivity contribution in [3.63, 3.8) is 0 Å². The number of carbonyl (C=O) groups excluding carboxylic acids is 1. The summed E-state index contributed by atoms with van der Waals surface area (Å²) in [4.78, 5) is 29.1. The summed E-state index contributed by atoms with van der Waals surface area (Å²) >= 11 is 1.52. The van der Waals surface area contributed by atoms with E-state index in [4.69, 9.17) is 5.11 Å². The molecule has 1 aliphatic rings. The first kappa shape index (κ1) is 12.8. The Morgan fingerprint density at radius 3 is 2.95 bits per heavy atom. The lowest BCUT2D eigenvalue weighted by atomic mass is 10.1. The molecule has 5 nitrogen and oxygen atoms in total. The standard InChI is InChI=1S/C14H12N2O3S/c1-8-7-20-12(15-8)6-16-11-3-2-9(14(18)19)4-10(11)5-13(16)17/h2-4,7H,5-6H2,1H3,(H,18,19). The van der Waals surface area contributed by atoms with Crippen LogP contribution in [-0.2, 0) is 17.8 Å². The molecule has 6 heteroatoms. The predicted molar refractivity (Wildman–Crippen MR) is 75.1 cm³/mol. The average molecular weight is 288 g/mol. The fourth-order valence-corrected chi connectivity index (χ4v) is 3.06. The van der Waals surface area contributed by atoms with E-state index in [0.29, 0.717) is 6.54 Å². The van der Waals surface area contributed by atoms with Crippen molar-refractivity contribution >= 4 is 28.9 Å². The topological polar surface area (TPSA) is 70.5 Å². The van der Waals surface area contributed by atoms with Crippen LogP contribution in [-0.4, -0.2) is 22.0 Å². The molecule has 1 amide bonds. The van der Waals surface area contributed by atoms with Gasteiger partial charge in [0.1, 0.15) is 5.01 Å². The second-order valence-corrected chi connectivity index (χ2v) is 5.63. The number of amides is 1. The molecule has 1 N–H and O–H groups in total. The van der Waals surface area contributed by atoms with Gasteiger partial charge in [-0.15, -0.1) is 11.3 Å². The van der Waals surface area contributed by atoms with Gasteiger partial charge in [0.15, 0.2) is 0 Å². The second kappa shape index (κ2) is 4.72. The van der Waals surface area contributed by atoms with Crippen molar-refractivity contribution in [2.45, 2.75) is 19.9 Å². The zero-order valence-electron chi connectivity index (χ0n) is 10.8. The molecule has 0 radical (unpaired) electrons. The molecule has 2 heterocycles. The van der Waals surface area contributed by atoms with Gasteiger partial charge >= 0.3 is 5.97 Å². The van der Waals surface area contributed by atoms with Crippen LogP contribution in [0.2, 0.25) is 0 Å². The first-order chi connectivity index (χ1) is 9.54. The average Bonchev–Trinajstić information content (AvgIpc) is 2.94. The number of thiazole rings is 1. The number of benzene rings is 1. The van der Waals surface area contributed by atoms with Crippen LogP contribution in [0, 0.1) is 6.92 Å². The van der Waals surface area contributed by atoms with Crippen molar-refractivity contribution < 1.29 is 14.7 Å². The van der Waals surface area contributed by atoms with Gasteiger partial charge < -0.3 is 10.0 Å². The molecule has 0 saturated carbocycles. The molecule has 2 aromatic rings. The molecule has 0 aliphatic carbocycles. The highest BCUT2D eigenvalue weighted by atomic mass is 32.1. The van der Waals surface area contributed by atoms with E-state index in [1.807, 2.05) is 12.3 Å². The van der Waals surface area contributed by atoms with E-state index in [2.05, 4.69) is 4.98 Å². The van der Waals surface area contributed by atoms with Crippen LogP contribution < -0.4 is 4.90 Å². The number of aromatic carboxylic acids is 1. The Morgan fingerprint density at radius 1 is 1.50 bits per heavy atom. The lowest BCUT2D eigenvalue weighted by molar-refractivity contribution is -0.117. The number of carboxylic acids is 1. The van der Waals surface area contributed by atoms with Gasteiger partial charge in [-0.1, -0.05) is 0 Å². The van der Waals surface area contributed by atoms with E-state index in [1.54, 1.807) is 17.0 Å². The van der Waals surface area contributed by atoms with Crippen molar-refractivity contribution in [2.75, 3.05) is 4.90 Å². The van der Waals surface area contributed by atoms with Crippen molar-refractivity contribution in [3.8, 4) is 0 Å². The molecule has 102 valence electrons. The monoisotopic (exact) mass is 288 g/mol. The Labute approximate surface area is 119 Å². The number of fused-ring (bicyclic) bond motifs is 1. The molecule has 0 unspecified atom stereocenters. The third-order valence-electron chi connectivity index (χ3n) is 3.22. The normalized spacial score (nSPS) is 13.7. The van der Waals surface area contributed by atoms with Gasteiger partial charge in [0.25, 0.3) is 0 Å². The van der Waals surface area contributed by atoms with Gasteiger partial charge in [-0.2, -0.15) is 0 Å². The maximum absolute atomic E-state index is 12.1. The number of aromatic nitrogens is 1. The third kappa shape index (κ3) is 2.18. The molecule has 0 atom stereocenters. The van der Waals surface area contributed by atoms with E-state index in [-0.39, 0.29) is 17.9 Å². The smallest absolute Gasteiger partial charge is 0.335 e. The van der Waals surface area contributed by atoms with Crippen molar-refractivity contribution in [1.29, 1.82) is 0 Å². The summed E-state index contributed by atoms with van der Waals surface area (Å²) in [5.41, 5.74) is 2.71. The Hall–Kier alpha value is -2.21. The molecule has 20 heavy (non-hydrogen) atoms. The van der Waals surface area contributed by atoms with E-state index in [9.17, 15) is 9.59 Å². The minimum absolute atomic E-state index is 0.0182. The zero-order valence-corrected chi connectivity index (χ0v) is 11.6. The van der Waals surface area contributed by atoms with Crippen LogP contribution in [0.25, 0.3) is 0 Å². The van der Waals surface area contributed by atoms with Crippen LogP contribution in [0.3, 0.4) is 0 Å². The highest BCUT2D eigenvalue weighted by Crippen LogP contribution is 2.31. The minimum atomic E-state index is -0.978. The van der Waals surface area contributed by atoms with Gasteiger partial charge in [0, 0.05) is 16.8 Å². The Bertz CT molecular complexity index is 708. The number of hydrogen-bond donors (Lipinski definition) is 1. The zero-order chi connectivity index (χ0) is 14.3. The Balaban J connectivity index is 1.92. The first-order valence-electron chi connectivity index (χ1n) is 6.12. The second-order valence-electron chi connectivity index (χ2n) is 4.69. The first-order valence-corrected chi connectivity index (χ1v) is 7.00. The Kier molecular flexibility index (Phi) is 3.02. The summed E-state index contributed by atoms with van der Waals surface area (Å²) in [6.07, 6.45) is 0.251. The molecular formula is C14H12N2O3S. The van der Waals surface area contributed by atoms with E-state index >= 15 is 0 Å². The molecule has 0 spiro atoms. The van der Waals surface area contributed by atoms with Crippen molar-refractivity contribution in [3.05, 3.63) is 45.4 Å². The summed E-state index contributed by atoms with van der Waals surface area (Å²) in [6.45, 7) is 2.36. The number of hydrogen-bond acceptors (Lipinski definition) is 4. The molecule has 1 aromatic heterocycles. The van der Waals surface area contributed by atoms with Crippen LogP contribution in [0.4, 0.5) is 5.69 Å². The SMILES string of the molecule is Cc1csc(CN2C(=O)Cc3cc(C(=O)O)ccc32)n1. The van der Waals surface area contributed by atoms with Crippen LogP contribution in [0.1, 0.15) is 26.6 Å². The summed E-state index contributed by atoms with van der Waals surface area (Å²) in [6, 6.07) is 4.80. The number of nitrogens with zero attached hydrogens (tertiary/aromatic N) is 2. The van der Waals surface area contributed by atoms with Crippen LogP contribution >= 0.6 is 11.3 Å². The summed E-state index contributed by atoms with van der Waals surface area (Å²) in [7, 11) is 0. The predicted octanol–water partition coefficient (Wildman–Crippen LogP) is 2.24. The number of carbonyl (C=O) groups is 2. The van der Waals surface area contributed by atoms with Gasteiger partial charge in [-0.25, -0.2) is 9.78 Å². The van der Waals surface area contributed by atoms with E-state index < -0.39 is 5.97 Å². The Morgan fingerprint density at radius 2 is 2.30 bits per heavy atom. The fraction of sp³-hybridized carbons (Fsp3) is 0.214. The minimum Gasteiger partial charge on any atom is -0.478 e. The summed E-state index contributed by atoms with van der Waals surface area (Å²) in [5, 5.41) is 11.8. The highest BCUT2D eigenvalue weighted by molar-refractivity contribution is 7.09. The lowest BCUT2D eigenvalue weighted by Crippen LogP contribution is -2.25. The maximum Gasteiger partial charge on any atom is 0.335 e. The van der Waals surface area contributed by atoms with Gasteiger partial charge in [-0.3, -0.25) is 4.79 Å². The van der Waals surface area contributed by atoms with E-state index in [1.165, 1.54) is 17.4 Å². The fourth-order valence-electron chi connectivity index (χ4n) is 2.30. The number of aryl methyl sites for hydroxylation is 1. The van der Waals surface area contributed by atoms with Gasteiger partial charge in [0.2, 0.25) is 5.91 Å². The van der Waals surface area contributed by atoms with Gasteiger partial charge in [-0.05, 0) is 30.7 Å². The van der Waals surface area contributed by atoms with Crippen molar-refractivity contribution in [1.82, 2.24) is 4.98 Å². The quantitative estimate of drug-likeness (QED) is 0.940. The molecule has 3 rings (SSSR count). The van der Waals surface area contributed by atoms with Crippen molar-refractivity contribution in [2.24, 2.45) is 0 Å². The summed E-state index contributed by atoms with van der Waals surface area (Å²) < 4.78 is 0. The molecule has 1 aliphatic heterocycles.